The van der Waals surface area contributed by atoms with E-state index in [-0.39, 0.29) is 12.5 Å². The number of carbonyl (C=O) groups excluding carboxylic acids is 2. The van der Waals surface area contributed by atoms with Crippen LogP contribution in [0, 0.1) is 0 Å². The van der Waals surface area contributed by atoms with Gasteiger partial charge in [-0.2, -0.15) is 0 Å². The lowest BCUT2D eigenvalue weighted by Gasteiger charge is -2.14. The van der Waals surface area contributed by atoms with Gasteiger partial charge in [0.2, 0.25) is 0 Å². The zero-order chi connectivity index (χ0) is 20.6. The quantitative estimate of drug-likeness (QED) is 0.450. The molecule has 0 spiro atoms. The summed E-state index contributed by atoms with van der Waals surface area (Å²) in [6.45, 7) is 3.77. The van der Waals surface area contributed by atoms with Gasteiger partial charge in [-0.3, -0.25) is 4.79 Å². The van der Waals surface area contributed by atoms with Gasteiger partial charge in [0, 0.05) is 11.8 Å². The number of ether oxygens (including phenoxy) is 1. The number of fused-ring (bicyclic) bond motifs is 1. The molecule has 0 atom stereocenters. The van der Waals surface area contributed by atoms with E-state index in [4.69, 9.17) is 4.74 Å². The number of nitrogens with one attached hydrogen (secondary N) is 1. The maximum atomic E-state index is 12.3. The van der Waals surface area contributed by atoms with Crippen LogP contribution in [0.2, 0.25) is 0 Å². The standard InChI is InChI=1S/C25H25NO3/c1-3-18-10-7-11-19(4-2)25(18)26-23(27)17-29-24(28)16-15-21-13-8-12-20-9-5-6-14-22(20)21/h5-16H,3-4,17H2,1-2H3,(H,26,27). The molecule has 29 heavy (non-hydrogen) atoms. The van der Waals surface area contributed by atoms with Gasteiger partial charge < -0.3 is 10.1 Å². The molecule has 4 nitrogen and oxygen atoms in total. The van der Waals surface area contributed by atoms with E-state index in [0.717, 1.165) is 46.0 Å². The minimum absolute atomic E-state index is 0.320. The normalized spacial score (nSPS) is 11.0. The van der Waals surface area contributed by atoms with Crippen molar-refractivity contribution in [1.82, 2.24) is 0 Å². The molecule has 1 amide bonds. The van der Waals surface area contributed by atoms with Gasteiger partial charge in [0.15, 0.2) is 6.61 Å². The Morgan fingerprint density at radius 3 is 2.28 bits per heavy atom. The number of rotatable bonds is 7. The van der Waals surface area contributed by atoms with E-state index < -0.39 is 5.97 Å². The molecule has 3 rings (SSSR count). The third-order valence-electron chi connectivity index (χ3n) is 4.83. The van der Waals surface area contributed by atoms with Crippen LogP contribution in [0.25, 0.3) is 16.8 Å². The molecular formula is C25H25NO3. The average Bonchev–Trinajstić information content (AvgIpc) is 2.76. The highest BCUT2D eigenvalue weighted by Gasteiger charge is 2.11. The summed E-state index contributed by atoms with van der Waals surface area (Å²) in [5.41, 5.74) is 3.89. The van der Waals surface area contributed by atoms with Crippen LogP contribution in [0.3, 0.4) is 0 Å². The lowest BCUT2D eigenvalue weighted by atomic mass is 10.0. The van der Waals surface area contributed by atoms with Gasteiger partial charge >= 0.3 is 5.97 Å². The van der Waals surface area contributed by atoms with Crippen LogP contribution in [0.15, 0.2) is 66.7 Å². The smallest absolute Gasteiger partial charge is 0.331 e. The Morgan fingerprint density at radius 1 is 0.897 bits per heavy atom. The Labute approximate surface area is 171 Å². The van der Waals surface area contributed by atoms with Crippen molar-refractivity contribution >= 4 is 34.4 Å². The Hall–Kier alpha value is -3.40. The molecule has 0 aliphatic heterocycles. The summed E-state index contributed by atoms with van der Waals surface area (Å²) in [6, 6.07) is 19.8. The minimum atomic E-state index is -0.549. The maximum absolute atomic E-state index is 12.3. The topological polar surface area (TPSA) is 55.4 Å². The first kappa shape index (κ1) is 20.3. The van der Waals surface area contributed by atoms with Gasteiger partial charge in [0.1, 0.15) is 0 Å². The van der Waals surface area contributed by atoms with E-state index in [1.54, 1.807) is 6.08 Å². The summed E-state index contributed by atoms with van der Waals surface area (Å²) in [6.07, 6.45) is 4.70. The minimum Gasteiger partial charge on any atom is -0.452 e. The van der Waals surface area contributed by atoms with Crippen molar-refractivity contribution < 1.29 is 14.3 Å². The molecule has 0 aliphatic carbocycles. The number of hydrogen-bond donors (Lipinski definition) is 1. The number of amides is 1. The van der Waals surface area contributed by atoms with Gasteiger partial charge in [0.25, 0.3) is 5.91 Å². The van der Waals surface area contributed by atoms with Crippen molar-refractivity contribution in [2.75, 3.05) is 11.9 Å². The number of benzene rings is 3. The predicted octanol–water partition coefficient (Wildman–Crippen LogP) is 5.16. The fourth-order valence-electron chi connectivity index (χ4n) is 3.32. The second-order valence-corrected chi connectivity index (χ2v) is 6.72. The highest BCUT2D eigenvalue weighted by molar-refractivity contribution is 5.97. The molecular weight excluding hydrogens is 362 g/mol. The molecule has 0 saturated heterocycles. The molecule has 0 aromatic heterocycles. The maximum Gasteiger partial charge on any atom is 0.331 e. The first-order valence-corrected chi connectivity index (χ1v) is 9.85. The van der Waals surface area contributed by atoms with Gasteiger partial charge in [-0.05, 0) is 46.4 Å². The zero-order valence-electron chi connectivity index (χ0n) is 16.8. The van der Waals surface area contributed by atoms with Gasteiger partial charge in [-0.1, -0.05) is 74.5 Å². The number of anilines is 1. The number of aryl methyl sites for hydroxylation is 2. The molecule has 0 radical (unpaired) electrons. The third-order valence-corrected chi connectivity index (χ3v) is 4.83. The van der Waals surface area contributed by atoms with E-state index in [2.05, 4.69) is 5.32 Å². The van der Waals surface area contributed by atoms with Crippen molar-refractivity contribution in [1.29, 1.82) is 0 Å². The third kappa shape index (κ3) is 5.11. The number of para-hydroxylation sites is 1. The van der Waals surface area contributed by atoms with E-state index in [9.17, 15) is 9.59 Å². The lowest BCUT2D eigenvalue weighted by Crippen LogP contribution is -2.21. The zero-order valence-corrected chi connectivity index (χ0v) is 16.8. The van der Waals surface area contributed by atoms with Crippen molar-refractivity contribution in [2.24, 2.45) is 0 Å². The van der Waals surface area contributed by atoms with Crippen LogP contribution in [-0.2, 0) is 27.2 Å². The number of hydrogen-bond acceptors (Lipinski definition) is 3. The molecule has 1 N–H and O–H groups in total. The Balaban J connectivity index is 1.61. The summed E-state index contributed by atoms with van der Waals surface area (Å²) in [4.78, 5) is 24.4. The summed E-state index contributed by atoms with van der Waals surface area (Å²) in [5, 5.41) is 5.05. The lowest BCUT2D eigenvalue weighted by molar-refractivity contribution is -0.142. The molecule has 3 aromatic rings. The van der Waals surface area contributed by atoms with E-state index >= 15 is 0 Å². The SMILES string of the molecule is CCc1cccc(CC)c1NC(=O)COC(=O)C=Cc1cccc2ccccc12. The van der Waals surface area contributed by atoms with Gasteiger partial charge in [-0.15, -0.1) is 0 Å². The van der Waals surface area contributed by atoms with Crippen molar-refractivity contribution in [3.63, 3.8) is 0 Å². The van der Waals surface area contributed by atoms with Crippen LogP contribution >= 0.6 is 0 Å². The first-order valence-electron chi connectivity index (χ1n) is 9.85. The summed E-state index contributed by atoms with van der Waals surface area (Å²) < 4.78 is 5.12. The highest BCUT2D eigenvalue weighted by atomic mass is 16.5. The van der Waals surface area contributed by atoms with Crippen LogP contribution in [0.1, 0.15) is 30.5 Å². The second-order valence-electron chi connectivity index (χ2n) is 6.72. The molecule has 0 heterocycles. The molecule has 0 aliphatic rings. The monoisotopic (exact) mass is 387 g/mol. The van der Waals surface area contributed by atoms with Crippen LogP contribution in [-0.4, -0.2) is 18.5 Å². The van der Waals surface area contributed by atoms with E-state index in [1.807, 2.05) is 74.5 Å². The molecule has 3 aromatic carbocycles. The number of esters is 1. The summed E-state index contributed by atoms with van der Waals surface area (Å²) >= 11 is 0. The molecule has 0 fully saturated rings. The molecule has 4 heteroatoms. The summed E-state index contributed by atoms with van der Waals surface area (Å²) in [5.74, 6) is -0.889. The second kappa shape index (κ2) is 9.69. The molecule has 148 valence electrons. The van der Waals surface area contributed by atoms with Gasteiger partial charge in [0.05, 0.1) is 0 Å². The average molecular weight is 387 g/mol. The Kier molecular flexibility index (Phi) is 6.80. The Bertz CT molecular complexity index is 1030. The van der Waals surface area contributed by atoms with E-state index in [0.29, 0.717) is 0 Å². The Morgan fingerprint density at radius 2 is 1.55 bits per heavy atom. The largest absolute Gasteiger partial charge is 0.452 e. The van der Waals surface area contributed by atoms with Crippen molar-refractivity contribution in [3.8, 4) is 0 Å². The molecule has 0 unspecified atom stereocenters. The van der Waals surface area contributed by atoms with Crippen LogP contribution in [0.4, 0.5) is 5.69 Å². The fourth-order valence-corrected chi connectivity index (χ4v) is 3.32. The van der Waals surface area contributed by atoms with E-state index in [1.165, 1.54) is 6.08 Å². The molecule has 0 saturated carbocycles. The first-order chi connectivity index (χ1) is 14.1. The highest BCUT2D eigenvalue weighted by Crippen LogP contribution is 2.22. The number of carbonyl (C=O) groups is 2. The van der Waals surface area contributed by atoms with Crippen LogP contribution in [0.5, 0.6) is 0 Å². The van der Waals surface area contributed by atoms with Crippen molar-refractivity contribution in [2.45, 2.75) is 26.7 Å². The van der Waals surface area contributed by atoms with Crippen molar-refractivity contribution in [3.05, 3.63) is 83.4 Å². The van der Waals surface area contributed by atoms with Gasteiger partial charge in [-0.25, -0.2) is 4.79 Å². The summed E-state index contributed by atoms with van der Waals surface area (Å²) in [7, 11) is 0. The predicted molar refractivity (Wildman–Crippen MR) is 118 cm³/mol. The fraction of sp³-hybridized carbons (Fsp3) is 0.200. The van der Waals surface area contributed by atoms with Crippen LogP contribution < -0.4 is 5.32 Å². The molecule has 0 bridgehead atoms.